The van der Waals surface area contributed by atoms with Gasteiger partial charge in [0.15, 0.2) is 0 Å². The van der Waals surface area contributed by atoms with Gasteiger partial charge >= 0.3 is 0 Å². The molecule has 0 amide bonds. The Morgan fingerprint density at radius 1 is 1.29 bits per heavy atom. The summed E-state index contributed by atoms with van der Waals surface area (Å²) in [5.74, 6) is 0. The molecule has 0 aliphatic rings. The zero-order valence-electron chi connectivity index (χ0n) is 9.01. The molecule has 1 nitrogen and oxygen atoms in total. The first kappa shape index (κ1) is 11.8. The second-order valence-corrected chi connectivity index (χ2v) is 8.24. The largest absolute Gasteiger partial charge is 0.416 e. The van der Waals surface area contributed by atoms with Crippen LogP contribution in [0.1, 0.15) is 13.8 Å². The summed E-state index contributed by atoms with van der Waals surface area (Å²) in [5.41, 5.74) is 0. The van der Waals surface area contributed by atoms with Crippen LogP contribution in [0.25, 0.3) is 0 Å². The molecule has 1 aromatic rings. The van der Waals surface area contributed by atoms with Crippen LogP contribution in [0.5, 0.6) is 0 Å². The van der Waals surface area contributed by atoms with Crippen LogP contribution in [-0.4, -0.2) is 15.4 Å². The summed E-state index contributed by atoms with van der Waals surface area (Å²) in [6.07, 6.45) is 0. The van der Waals surface area contributed by atoms with Crippen molar-refractivity contribution in [2.75, 3.05) is 7.11 Å². The molecule has 0 saturated carbocycles. The molecule has 0 N–H and O–H groups in total. The summed E-state index contributed by atoms with van der Waals surface area (Å²) in [6.45, 7) is 4.39. The van der Waals surface area contributed by atoms with Gasteiger partial charge in [0.2, 0.25) is 8.32 Å². The van der Waals surface area contributed by atoms with E-state index in [0.717, 1.165) is 17.1 Å². The van der Waals surface area contributed by atoms with Gasteiger partial charge in [-0.3, -0.25) is 0 Å². The minimum absolute atomic E-state index is 0.804. The van der Waals surface area contributed by atoms with E-state index in [1.165, 1.54) is 5.19 Å². The van der Waals surface area contributed by atoms with Crippen LogP contribution in [-0.2, 0) is 4.43 Å². The Morgan fingerprint density at radius 2 is 1.93 bits per heavy atom. The molecule has 0 unspecified atom stereocenters. The highest BCUT2D eigenvalue weighted by atomic mass is 35.5. The van der Waals surface area contributed by atoms with E-state index < -0.39 is 8.32 Å². The van der Waals surface area contributed by atoms with Crippen molar-refractivity contribution in [3.05, 3.63) is 29.3 Å². The Bertz CT molecular complexity index is 289. The van der Waals surface area contributed by atoms with Crippen LogP contribution in [0.3, 0.4) is 0 Å². The highest BCUT2D eigenvalue weighted by Gasteiger charge is 2.31. The Hall–Kier alpha value is -0.313. The molecule has 0 spiro atoms. The van der Waals surface area contributed by atoms with E-state index in [0.29, 0.717) is 0 Å². The maximum Gasteiger partial charge on any atom is 0.223 e. The zero-order valence-corrected chi connectivity index (χ0v) is 10.8. The lowest BCUT2D eigenvalue weighted by Crippen LogP contribution is -2.48. The second-order valence-electron chi connectivity index (χ2n) is 3.42. The van der Waals surface area contributed by atoms with Gasteiger partial charge in [-0.1, -0.05) is 37.6 Å². The molecule has 1 rings (SSSR count). The third kappa shape index (κ3) is 2.19. The van der Waals surface area contributed by atoms with Crippen molar-refractivity contribution in [2.45, 2.75) is 25.9 Å². The number of hydrogen-bond acceptors (Lipinski definition) is 1. The van der Waals surface area contributed by atoms with E-state index in [-0.39, 0.29) is 0 Å². The molecule has 0 atom stereocenters. The molecule has 0 aromatic heterocycles. The maximum atomic E-state index is 5.99. The first-order chi connectivity index (χ1) is 6.68. The molecule has 0 radical (unpaired) electrons. The van der Waals surface area contributed by atoms with Crippen LogP contribution in [0, 0.1) is 0 Å². The first-order valence-electron chi connectivity index (χ1n) is 4.99. The third-order valence-electron chi connectivity index (χ3n) is 2.88. The van der Waals surface area contributed by atoms with E-state index in [1.54, 1.807) is 0 Å². The SMILES string of the molecule is CC[Si](CC)(OC)c1cccc(Cl)c1. The standard InChI is InChI=1S/C11H17ClOSi/c1-4-14(5-2,13-3)11-8-6-7-10(12)9-11/h6-9H,4-5H2,1-3H3. The Kier molecular flexibility index (Phi) is 4.17. The lowest BCUT2D eigenvalue weighted by Gasteiger charge is -2.27. The Balaban J connectivity index is 3.10. The number of rotatable bonds is 4. The summed E-state index contributed by atoms with van der Waals surface area (Å²) >= 11 is 5.99. The summed E-state index contributed by atoms with van der Waals surface area (Å²) < 4.78 is 5.76. The van der Waals surface area contributed by atoms with Crippen molar-refractivity contribution >= 4 is 25.1 Å². The Morgan fingerprint density at radius 3 is 2.36 bits per heavy atom. The van der Waals surface area contributed by atoms with Crippen molar-refractivity contribution in [1.29, 1.82) is 0 Å². The molecular formula is C11H17ClOSi. The molecule has 78 valence electrons. The second kappa shape index (κ2) is 4.96. The quantitative estimate of drug-likeness (QED) is 0.720. The molecule has 0 heterocycles. The summed E-state index contributed by atoms with van der Waals surface area (Å²) in [6, 6.07) is 10.3. The molecule has 14 heavy (non-hydrogen) atoms. The fraction of sp³-hybridized carbons (Fsp3) is 0.455. The van der Waals surface area contributed by atoms with Gasteiger partial charge in [-0.05, 0) is 29.4 Å². The molecule has 0 saturated heterocycles. The first-order valence-corrected chi connectivity index (χ1v) is 7.69. The maximum absolute atomic E-state index is 5.99. The highest BCUT2D eigenvalue weighted by Crippen LogP contribution is 2.17. The Labute approximate surface area is 92.2 Å². The van der Waals surface area contributed by atoms with Gasteiger partial charge in [-0.25, -0.2) is 0 Å². The smallest absolute Gasteiger partial charge is 0.223 e. The minimum Gasteiger partial charge on any atom is -0.416 e. The van der Waals surface area contributed by atoms with Crippen LogP contribution in [0.4, 0.5) is 0 Å². The van der Waals surface area contributed by atoms with Gasteiger partial charge < -0.3 is 4.43 Å². The summed E-state index contributed by atoms with van der Waals surface area (Å²) in [4.78, 5) is 0. The van der Waals surface area contributed by atoms with Crippen LogP contribution in [0.2, 0.25) is 17.1 Å². The lowest BCUT2D eigenvalue weighted by molar-refractivity contribution is 0.405. The van der Waals surface area contributed by atoms with Gasteiger partial charge in [0.25, 0.3) is 0 Å². The predicted molar refractivity (Wildman–Crippen MR) is 64.8 cm³/mol. The zero-order chi connectivity index (χ0) is 10.6. The summed E-state index contributed by atoms with van der Waals surface area (Å²) in [7, 11) is 0.110. The summed E-state index contributed by atoms with van der Waals surface area (Å²) in [5, 5.41) is 2.11. The monoisotopic (exact) mass is 228 g/mol. The molecule has 0 bridgehead atoms. The lowest BCUT2D eigenvalue weighted by atomic mass is 10.4. The van der Waals surface area contributed by atoms with Gasteiger partial charge in [0.1, 0.15) is 0 Å². The van der Waals surface area contributed by atoms with Crippen LogP contribution >= 0.6 is 11.6 Å². The van der Waals surface area contributed by atoms with Crippen molar-refractivity contribution in [1.82, 2.24) is 0 Å². The van der Waals surface area contributed by atoms with E-state index in [1.807, 2.05) is 25.3 Å². The number of hydrogen-bond donors (Lipinski definition) is 0. The normalized spacial score (nSPS) is 11.7. The van der Waals surface area contributed by atoms with Crippen molar-refractivity contribution in [3.8, 4) is 0 Å². The van der Waals surface area contributed by atoms with Crippen LogP contribution in [0.15, 0.2) is 24.3 Å². The van der Waals surface area contributed by atoms with Gasteiger partial charge in [0.05, 0.1) is 0 Å². The van der Waals surface area contributed by atoms with E-state index >= 15 is 0 Å². The average molecular weight is 229 g/mol. The fourth-order valence-corrected chi connectivity index (χ4v) is 5.07. The number of benzene rings is 1. The molecule has 1 aromatic carbocycles. The molecule has 0 aliphatic heterocycles. The molecule has 3 heteroatoms. The van der Waals surface area contributed by atoms with Gasteiger partial charge in [-0.15, -0.1) is 0 Å². The topological polar surface area (TPSA) is 9.23 Å². The predicted octanol–water partition coefficient (Wildman–Crippen LogP) is 3.18. The van der Waals surface area contributed by atoms with E-state index in [9.17, 15) is 0 Å². The average Bonchev–Trinajstić information content (AvgIpc) is 2.22. The third-order valence-corrected chi connectivity index (χ3v) is 7.55. The molecule has 0 fully saturated rings. The highest BCUT2D eigenvalue weighted by molar-refractivity contribution is 6.86. The van der Waals surface area contributed by atoms with Gasteiger partial charge in [0, 0.05) is 12.1 Å². The number of halogens is 1. The van der Waals surface area contributed by atoms with Gasteiger partial charge in [-0.2, -0.15) is 0 Å². The fourth-order valence-electron chi connectivity index (χ4n) is 1.84. The van der Waals surface area contributed by atoms with Crippen molar-refractivity contribution < 1.29 is 4.43 Å². The van der Waals surface area contributed by atoms with Crippen LogP contribution < -0.4 is 5.19 Å². The molecule has 0 aliphatic carbocycles. The van der Waals surface area contributed by atoms with Crippen molar-refractivity contribution in [2.24, 2.45) is 0 Å². The molecular weight excluding hydrogens is 212 g/mol. The van der Waals surface area contributed by atoms with Crippen molar-refractivity contribution in [3.63, 3.8) is 0 Å². The van der Waals surface area contributed by atoms with E-state index in [4.69, 9.17) is 16.0 Å². The minimum atomic E-state index is -1.71. The van der Waals surface area contributed by atoms with E-state index in [2.05, 4.69) is 19.9 Å².